The van der Waals surface area contributed by atoms with Crippen LogP contribution in [-0.4, -0.2) is 78.9 Å². The van der Waals surface area contributed by atoms with Gasteiger partial charge in [0.15, 0.2) is 0 Å². The summed E-state index contributed by atoms with van der Waals surface area (Å²) in [4.78, 5) is 28.0. The molecule has 23 heavy (non-hydrogen) atoms. The van der Waals surface area contributed by atoms with E-state index >= 15 is 0 Å². The van der Waals surface area contributed by atoms with Gasteiger partial charge >= 0.3 is 6.09 Å². The molecule has 2 atom stereocenters. The molecule has 0 bridgehead atoms. The first-order valence-corrected chi connectivity index (χ1v) is 8.35. The molecule has 0 aromatic rings. The third-order valence-electron chi connectivity index (χ3n) is 4.01. The number of carbonyl (C=O) groups excluding carboxylic acids is 2. The van der Waals surface area contributed by atoms with Crippen LogP contribution < -0.4 is 5.32 Å². The predicted molar refractivity (Wildman–Crippen MR) is 86.2 cm³/mol. The second kappa shape index (κ2) is 7.49. The fourth-order valence-electron chi connectivity index (χ4n) is 2.82. The summed E-state index contributed by atoms with van der Waals surface area (Å²) >= 11 is 0. The number of ether oxygens (including phenoxy) is 2. The van der Waals surface area contributed by atoms with Crippen LogP contribution in [0.25, 0.3) is 0 Å². The van der Waals surface area contributed by atoms with Gasteiger partial charge in [-0.05, 0) is 34.1 Å². The molecule has 2 amide bonds. The zero-order chi connectivity index (χ0) is 17.0. The number of piperazine rings is 1. The molecule has 2 aliphatic heterocycles. The van der Waals surface area contributed by atoms with E-state index in [1.54, 1.807) is 4.90 Å². The van der Waals surface area contributed by atoms with Gasteiger partial charge in [0.1, 0.15) is 12.2 Å². The maximum atomic E-state index is 12.4. The van der Waals surface area contributed by atoms with Crippen LogP contribution in [0.3, 0.4) is 0 Å². The number of hydrogen-bond acceptors (Lipinski definition) is 5. The molecule has 0 aromatic carbocycles. The molecule has 7 nitrogen and oxygen atoms in total. The average Bonchev–Trinajstić information content (AvgIpc) is 2.64. The van der Waals surface area contributed by atoms with Gasteiger partial charge in [0.05, 0.1) is 0 Å². The number of nitrogens with one attached hydrogen (secondary N) is 1. The fourth-order valence-corrected chi connectivity index (χ4v) is 2.82. The molecule has 0 aliphatic carbocycles. The molecule has 0 radical (unpaired) electrons. The maximum absolute atomic E-state index is 12.4. The van der Waals surface area contributed by atoms with Gasteiger partial charge < -0.3 is 24.6 Å². The predicted octanol–water partition coefficient (Wildman–Crippen LogP) is 0.833. The smallest absolute Gasteiger partial charge is 0.410 e. The monoisotopic (exact) mass is 327 g/mol. The van der Waals surface area contributed by atoms with Crippen molar-refractivity contribution in [3.8, 4) is 0 Å². The Bertz CT molecular complexity index is 436. The van der Waals surface area contributed by atoms with Crippen LogP contribution in [0, 0.1) is 0 Å². The normalized spacial score (nSPS) is 26.9. The Balaban J connectivity index is 1.94. The largest absolute Gasteiger partial charge is 0.444 e. The lowest BCUT2D eigenvalue weighted by molar-refractivity contribution is -0.134. The van der Waals surface area contributed by atoms with Gasteiger partial charge in [0.25, 0.3) is 0 Å². The lowest BCUT2D eigenvalue weighted by Gasteiger charge is -2.40. The van der Waals surface area contributed by atoms with E-state index in [0.717, 1.165) is 6.42 Å². The third-order valence-corrected chi connectivity index (χ3v) is 4.01. The van der Waals surface area contributed by atoms with Gasteiger partial charge in [0, 0.05) is 44.9 Å². The summed E-state index contributed by atoms with van der Waals surface area (Å²) in [6.45, 7) is 10.9. The number of amides is 2. The Morgan fingerprint density at radius 1 is 1.43 bits per heavy atom. The van der Waals surface area contributed by atoms with Crippen LogP contribution in [0.4, 0.5) is 4.79 Å². The molecule has 2 rings (SSSR count). The van der Waals surface area contributed by atoms with Crippen molar-refractivity contribution in [2.24, 2.45) is 0 Å². The van der Waals surface area contributed by atoms with Crippen LogP contribution in [0.5, 0.6) is 0 Å². The van der Waals surface area contributed by atoms with Gasteiger partial charge in [0.2, 0.25) is 5.91 Å². The fraction of sp³-hybridized carbons (Fsp3) is 0.875. The minimum Gasteiger partial charge on any atom is -0.444 e. The van der Waals surface area contributed by atoms with Crippen molar-refractivity contribution >= 4 is 12.0 Å². The first-order valence-electron chi connectivity index (χ1n) is 8.35. The Morgan fingerprint density at radius 2 is 2.17 bits per heavy atom. The number of carbonyl (C=O) groups is 2. The molecule has 2 heterocycles. The first kappa shape index (κ1) is 18.0. The van der Waals surface area contributed by atoms with Crippen LogP contribution in [0.1, 0.15) is 34.1 Å². The standard InChI is InChI=1S/C16H29N3O4/c1-12-8-17-13(9-18-6-5-7-22-11-14(18)20)10-19(12)15(21)23-16(2,3)4/h12-13,17H,5-11H2,1-4H3/t12-,13+/m1/s1. The minimum absolute atomic E-state index is 0.0201. The zero-order valence-electron chi connectivity index (χ0n) is 14.6. The lowest BCUT2D eigenvalue weighted by Crippen LogP contribution is -2.61. The van der Waals surface area contributed by atoms with Crippen molar-refractivity contribution in [2.75, 3.05) is 39.4 Å². The molecule has 0 saturated carbocycles. The quantitative estimate of drug-likeness (QED) is 0.813. The van der Waals surface area contributed by atoms with E-state index in [4.69, 9.17) is 9.47 Å². The Labute approximate surface area is 138 Å². The van der Waals surface area contributed by atoms with Crippen molar-refractivity contribution < 1.29 is 19.1 Å². The highest BCUT2D eigenvalue weighted by Gasteiger charge is 2.33. The average molecular weight is 327 g/mol. The Hall–Kier alpha value is -1.34. The first-order chi connectivity index (χ1) is 10.8. The molecule has 132 valence electrons. The molecule has 2 saturated heterocycles. The van der Waals surface area contributed by atoms with E-state index in [2.05, 4.69) is 5.32 Å². The molecule has 0 aromatic heterocycles. The molecule has 7 heteroatoms. The molecular weight excluding hydrogens is 298 g/mol. The number of hydrogen-bond donors (Lipinski definition) is 1. The Morgan fingerprint density at radius 3 is 2.87 bits per heavy atom. The van der Waals surface area contributed by atoms with Crippen molar-refractivity contribution in [1.82, 2.24) is 15.1 Å². The summed E-state index contributed by atoms with van der Waals surface area (Å²) in [5.41, 5.74) is -0.505. The molecule has 0 unspecified atom stereocenters. The van der Waals surface area contributed by atoms with Gasteiger partial charge in [-0.3, -0.25) is 4.79 Å². The zero-order valence-corrected chi connectivity index (χ0v) is 14.6. The van der Waals surface area contributed by atoms with Crippen LogP contribution in [0.2, 0.25) is 0 Å². The summed E-state index contributed by atoms with van der Waals surface area (Å²) in [5.74, 6) is 0.0201. The molecule has 2 aliphatic rings. The van der Waals surface area contributed by atoms with E-state index in [1.807, 2.05) is 32.6 Å². The van der Waals surface area contributed by atoms with E-state index in [9.17, 15) is 9.59 Å². The van der Waals surface area contributed by atoms with Crippen LogP contribution in [-0.2, 0) is 14.3 Å². The van der Waals surface area contributed by atoms with E-state index < -0.39 is 5.60 Å². The van der Waals surface area contributed by atoms with Crippen molar-refractivity contribution in [3.05, 3.63) is 0 Å². The maximum Gasteiger partial charge on any atom is 0.410 e. The Kier molecular flexibility index (Phi) is 5.86. The summed E-state index contributed by atoms with van der Waals surface area (Å²) in [5, 5.41) is 3.42. The molecular formula is C16H29N3O4. The molecule has 0 spiro atoms. The molecule has 1 N–H and O–H groups in total. The molecule has 2 fully saturated rings. The van der Waals surface area contributed by atoms with E-state index in [1.165, 1.54) is 0 Å². The summed E-state index contributed by atoms with van der Waals surface area (Å²) in [6.07, 6.45) is 0.562. The van der Waals surface area contributed by atoms with Crippen LogP contribution >= 0.6 is 0 Å². The topological polar surface area (TPSA) is 71.1 Å². The van der Waals surface area contributed by atoms with Gasteiger partial charge in [-0.2, -0.15) is 0 Å². The van der Waals surface area contributed by atoms with Gasteiger partial charge in [-0.15, -0.1) is 0 Å². The highest BCUT2D eigenvalue weighted by Crippen LogP contribution is 2.15. The lowest BCUT2D eigenvalue weighted by atomic mass is 10.1. The SMILES string of the molecule is C[C@@H]1CN[C@@H](CN2CCCOCC2=O)CN1C(=O)OC(C)(C)C. The van der Waals surface area contributed by atoms with E-state index in [-0.39, 0.29) is 30.7 Å². The number of nitrogens with zero attached hydrogens (tertiary/aromatic N) is 2. The van der Waals surface area contributed by atoms with Crippen molar-refractivity contribution in [1.29, 1.82) is 0 Å². The summed E-state index contributed by atoms with van der Waals surface area (Å²) < 4.78 is 10.7. The highest BCUT2D eigenvalue weighted by molar-refractivity contribution is 5.77. The second-order valence-corrected chi connectivity index (χ2v) is 7.33. The van der Waals surface area contributed by atoms with Gasteiger partial charge in [-0.1, -0.05) is 0 Å². The summed E-state index contributed by atoms with van der Waals surface area (Å²) in [6, 6.07) is 0.130. The highest BCUT2D eigenvalue weighted by atomic mass is 16.6. The number of rotatable bonds is 2. The van der Waals surface area contributed by atoms with Gasteiger partial charge in [-0.25, -0.2) is 4.79 Å². The third kappa shape index (κ3) is 5.35. The summed E-state index contributed by atoms with van der Waals surface area (Å²) in [7, 11) is 0. The minimum atomic E-state index is -0.505. The van der Waals surface area contributed by atoms with E-state index in [0.29, 0.717) is 32.8 Å². The van der Waals surface area contributed by atoms with Crippen molar-refractivity contribution in [3.63, 3.8) is 0 Å². The second-order valence-electron chi connectivity index (χ2n) is 7.33. The van der Waals surface area contributed by atoms with Crippen LogP contribution in [0.15, 0.2) is 0 Å². The van der Waals surface area contributed by atoms with Crippen molar-refractivity contribution in [2.45, 2.75) is 51.8 Å².